The van der Waals surface area contributed by atoms with Gasteiger partial charge in [-0.15, -0.1) is 0 Å². The van der Waals surface area contributed by atoms with Crippen LogP contribution in [0.15, 0.2) is 18.0 Å². The van der Waals surface area contributed by atoms with E-state index in [1.54, 1.807) is 12.4 Å². The zero-order valence-electron chi connectivity index (χ0n) is 5.79. The molecule has 0 aliphatic carbocycles. The van der Waals surface area contributed by atoms with E-state index in [1.807, 2.05) is 0 Å². The largest absolute Gasteiger partial charge is 0.345 e. The lowest BCUT2D eigenvalue weighted by molar-refractivity contribution is -0.105. The van der Waals surface area contributed by atoms with Crippen LogP contribution < -0.4 is 5.32 Å². The van der Waals surface area contributed by atoms with Gasteiger partial charge in [0.05, 0.1) is 0 Å². The second kappa shape index (κ2) is 2.23. The van der Waals surface area contributed by atoms with E-state index in [1.165, 1.54) is 0 Å². The predicted molar refractivity (Wildman–Crippen MR) is 40.1 cm³/mol. The summed E-state index contributed by atoms with van der Waals surface area (Å²) in [5.41, 5.74) is 1.79. The monoisotopic (exact) mass is 149 g/mol. The number of aldehydes is 1. The van der Waals surface area contributed by atoms with E-state index in [0.717, 1.165) is 23.2 Å². The molecule has 1 aliphatic rings. The highest BCUT2D eigenvalue weighted by atomic mass is 16.1. The van der Waals surface area contributed by atoms with E-state index in [-0.39, 0.29) is 0 Å². The van der Waals surface area contributed by atoms with Crippen LogP contribution in [0.2, 0.25) is 0 Å². The van der Waals surface area contributed by atoms with Gasteiger partial charge in [-0.25, -0.2) is 0 Å². The molecule has 0 amide bonds. The molecule has 4 nitrogen and oxygen atoms in total. The summed E-state index contributed by atoms with van der Waals surface area (Å²) in [5.74, 6) is 0.815. The van der Waals surface area contributed by atoms with Crippen molar-refractivity contribution in [3.63, 3.8) is 0 Å². The Bertz CT molecular complexity index is 313. The minimum Gasteiger partial charge on any atom is -0.345 e. The zero-order valence-corrected chi connectivity index (χ0v) is 5.79. The summed E-state index contributed by atoms with van der Waals surface area (Å²) in [6, 6.07) is 0. The smallest absolute Gasteiger partial charge is 0.155 e. The number of H-pyrrole nitrogens is 1. The molecule has 1 aliphatic heterocycles. The topological polar surface area (TPSA) is 57.8 Å². The summed E-state index contributed by atoms with van der Waals surface area (Å²) >= 11 is 0. The molecule has 56 valence electrons. The lowest BCUT2D eigenvalue weighted by Crippen LogP contribution is -2.04. The average Bonchev–Trinajstić information content (AvgIpc) is 2.50. The molecule has 4 heteroatoms. The number of aromatic amines is 1. The SMILES string of the molecule is O=CC1=CNc2n[nH]cc2C1. The summed E-state index contributed by atoms with van der Waals surface area (Å²) in [4.78, 5) is 10.4. The normalized spacial score (nSPS) is 14.7. The van der Waals surface area contributed by atoms with Gasteiger partial charge in [0.2, 0.25) is 0 Å². The molecule has 0 spiro atoms. The van der Waals surface area contributed by atoms with Gasteiger partial charge in [0, 0.05) is 30.0 Å². The summed E-state index contributed by atoms with van der Waals surface area (Å²) in [5, 5.41) is 9.56. The molecule has 1 aromatic rings. The van der Waals surface area contributed by atoms with Crippen molar-refractivity contribution in [2.24, 2.45) is 0 Å². The van der Waals surface area contributed by atoms with Gasteiger partial charge in [-0.1, -0.05) is 0 Å². The predicted octanol–water partition coefficient (Wildman–Crippen LogP) is 0.460. The third kappa shape index (κ3) is 0.920. The van der Waals surface area contributed by atoms with Crippen molar-refractivity contribution in [2.75, 3.05) is 5.32 Å². The van der Waals surface area contributed by atoms with Gasteiger partial charge < -0.3 is 5.32 Å². The summed E-state index contributed by atoms with van der Waals surface area (Å²) in [7, 11) is 0. The van der Waals surface area contributed by atoms with Gasteiger partial charge in [0.25, 0.3) is 0 Å². The van der Waals surface area contributed by atoms with Gasteiger partial charge >= 0.3 is 0 Å². The second-order valence-corrected chi connectivity index (χ2v) is 2.42. The van der Waals surface area contributed by atoms with Gasteiger partial charge in [0.1, 0.15) is 6.29 Å². The first-order chi connectivity index (χ1) is 5.40. The molecule has 0 radical (unpaired) electrons. The first-order valence-corrected chi connectivity index (χ1v) is 3.33. The Kier molecular flexibility index (Phi) is 1.25. The third-order valence-corrected chi connectivity index (χ3v) is 1.66. The van der Waals surface area contributed by atoms with Crippen LogP contribution in [-0.2, 0) is 11.2 Å². The molecule has 2 N–H and O–H groups in total. The van der Waals surface area contributed by atoms with Gasteiger partial charge in [-0.3, -0.25) is 9.89 Å². The van der Waals surface area contributed by atoms with Crippen molar-refractivity contribution in [3.8, 4) is 0 Å². The fourth-order valence-electron chi connectivity index (χ4n) is 1.08. The van der Waals surface area contributed by atoms with Gasteiger partial charge in [0.15, 0.2) is 5.82 Å². The lowest BCUT2D eigenvalue weighted by atomic mass is 10.1. The van der Waals surface area contributed by atoms with Crippen LogP contribution in [-0.4, -0.2) is 16.5 Å². The number of anilines is 1. The molecule has 0 fully saturated rings. The van der Waals surface area contributed by atoms with Crippen LogP contribution in [0.4, 0.5) is 5.82 Å². The molecule has 2 rings (SSSR count). The Morgan fingerprint density at radius 3 is 3.36 bits per heavy atom. The minimum atomic E-state index is 0.669. The number of nitrogens with zero attached hydrogens (tertiary/aromatic N) is 1. The molecule has 1 aromatic heterocycles. The van der Waals surface area contributed by atoms with Crippen LogP contribution in [0.25, 0.3) is 0 Å². The summed E-state index contributed by atoms with van der Waals surface area (Å²) < 4.78 is 0. The first-order valence-electron chi connectivity index (χ1n) is 3.33. The molecule has 2 heterocycles. The Morgan fingerprint density at radius 2 is 2.55 bits per heavy atom. The highest BCUT2D eigenvalue weighted by molar-refractivity contribution is 5.77. The quantitative estimate of drug-likeness (QED) is 0.570. The number of fused-ring (bicyclic) bond motifs is 1. The number of rotatable bonds is 1. The number of carbonyl (C=O) groups is 1. The maximum Gasteiger partial charge on any atom is 0.155 e. The highest BCUT2D eigenvalue weighted by Gasteiger charge is 2.11. The lowest BCUT2D eigenvalue weighted by Gasteiger charge is -2.07. The molecule has 0 atom stereocenters. The van der Waals surface area contributed by atoms with Crippen LogP contribution in [0.5, 0.6) is 0 Å². The van der Waals surface area contributed by atoms with Crippen molar-refractivity contribution in [3.05, 3.63) is 23.5 Å². The van der Waals surface area contributed by atoms with Gasteiger partial charge in [-0.05, 0) is 0 Å². The van der Waals surface area contributed by atoms with E-state index < -0.39 is 0 Å². The number of nitrogens with one attached hydrogen (secondary N) is 2. The molecule has 0 bridgehead atoms. The second-order valence-electron chi connectivity index (χ2n) is 2.42. The van der Waals surface area contributed by atoms with Crippen LogP contribution in [0.1, 0.15) is 5.56 Å². The van der Waals surface area contributed by atoms with Crippen molar-refractivity contribution < 1.29 is 4.79 Å². The van der Waals surface area contributed by atoms with Crippen LogP contribution in [0.3, 0.4) is 0 Å². The average molecular weight is 149 g/mol. The molecule has 0 aromatic carbocycles. The van der Waals surface area contributed by atoms with E-state index in [0.29, 0.717) is 6.42 Å². The molecule has 0 saturated carbocycles. The molecular weight excluding hydrogens is 142 g/mol. The van der Waals surface area contributed by atoms with Crippen LogP contribution in [0, 0.1) is 0 Å². The number of aromatic nitrogens is 2. The Labute approximate surface area is 63.3 Å². The van der Waals surface area contributed by atoms with Gasteiger partial charge in [-0.2, -0.15) is 5.10 Å². The number of carbonyl (C=O) groups excluding carboxylic acids is 1. The minimum absolute atomic E-state index is 0.669. The standard InChI is InChI=1S/C7H7N3O/c11-4-5-1-6-3-9-10-7(6)8-2-5/h2-4H,1H2,(H2,8,9,10). The number of allylic oxidation sites excluding steroid dienone is 1. The Morgan fingerprint density at radius 1 is 1.64 bits per heavy atom. The number of hydrogen-bond acceptors (Lipinski definition) is 3. The Hall–Kier alpha value is -1.58. The third-order valence-electron chi connectivity index (χ3n) is 1.66. The fourth-order valence-corrected chi connectivity index (χ4v) is 1.08. The van der Waals surface area contributed by atoms with Crippen molar-refractivity contribution in [1.82, 2.24) is 10.2 Å². The summed E-state index contributed by atoms with van der Waals surface area (Å²) in [6.45, 7) is 0. The molecule has 0 saturated heterocycles. The highest BCUT2D eigenvalue weighted by Crippen LogP contribution is 2.19. The molecule has 0 unspecified atom stereocenters. The van der Waals surface area contributed by atoms with E-state index >= 15 is 0 Å². The fraction of sp³-hybridized carbons (Fsp3) is 0.143. The summed E-state index contributed by atoms with van der Waals surface area (Å²) in [6.07, 6.45) is 4.99. The van der Waals surface area contributed by atoms with E-state index in [4.69, 9.17) is 0 Å². The van der Waals surface area contributed by atoms with Crippen molar-refractivity contribution >= 4 is 12.1 Å². The van der Waals surface area contributed by atoms with E-state index in [9.17, 15) is 4.79 Å². The maximum atomic E-state index is 10.4. The maximum absolute atomic E-state index is 10.4. The Balaban J connectivity index is 2.33. The zero-order chi connectivity index (χ0) is 7.68. The molecule has 11 heavy (non-hydrogen) atoms. The van der Waals surface area contributed by atoms with E-state index in [2.05, 4.69) is 15.5 Å². The number of hydrogen-bond donors (Lipinski definition) is 2. The molecular formula is C7H7N3O. The van der Waals surface area contributed by atoms with Crippen molar-refractivity contribution in [1.29, 1.82) is 0 Å². The first kappa shape index (κ1) is 6.15. The van der Waals surface area contributed by atoms with Crippen LogP contribution >= 0.6 is 0 Å². The van der Waals surface area contributed by atoms with Crippen molar-refractivity contribution in [2.45, 2.75) is 6.42 Å².